The Morgan fingerprint density at radius 2 is 2.30 bits per heavy atom. The molecule has 0 spiro atoms. The van der Waals surface area contributed by atoms with Crippen molar-refractivity contribution in [3.05, 3.63) is 23.6 Å². The molecule has 1 aliphatic rings. The number of hydrogen-bond donors (Lipinski definition) is 1. The lowest BCUT2D eigenvalue weighted by atomic mass is 10.2. The molecule has 6 nitrogen and oxygen atoms in total. The summed E-state index contributed by atoms with van der Waals surface area (Å²) in [7, 11) is -3.42. The van der Waals surface area contributed by atoms with Crippen LogP contribution in [0.15, 0.2) is 12.3 Å². The van der Waals surface area contributed by atoms with E-state index < -0.39 is 32.6 Å². The van der Waals surface area contributed by atoms with Gasteiger partial charge in [0.2, 0.25) is 0 Å². The van der Waals surface area contributed by atoms with Crippen molar-refractivity contribution in [3.63, 3.8) is 0 Å². The van der Waals surface area contributed by atoms with Crippen LogP contribution in [0, 0.1) is 5.82 Å². The molecule has 1 saturated heterocycles. The molecule has 0 bridgehead atoms. The molecule has 2 rings (SSSR count). The third-order valence-electron chi connectivity index (χ3n) is 2.95. The smallest absolute Gasteiger partial charge is 0.338 e. The summed E-state index contributed by atoms with van der Waals surface area (Å²) in [5.41, 5.74) is -0.513. The summed E-state index contributed by atoms with van der Waals surface area (Å²) in [5, 5.41) is 8.01. The summed E-state index contributed by atoms with van der Waals surface area (Å²) in [4.78, 5) is 16.1. The van der Waals surface area contributed by atoms with Crippen LogP contribution in [-0.2, 0) is 9.84 Å². The molecule has 0 radical (unpaired) electrons. The van der Waals surface area contributed by atoms with Gasteiger partial charge < -0.3 is 10.0 Å². The maximum atomic E-state index is 14.2. The molecular weight excluding hydrogens is 307 g/mol. The van der Waals surface area contributed by atoms with Gasteiger partial charge in [0.15, 0.2) is 21.5 Å². The molecule has 1 aromatic heterocycles. The molecule has 0 aliphatic carbocycles. The Kier molecular flexibility index (Phi) is 4.19. The van der Waals surface area contributed by atoms with Gasteiger partial charge in [0, 0.05) is 30.5 Å². The zero-order valence-electron chi connectivity index (χ0n) is 10.6. The van der Waals surface area contributed by atoms with Crippen LogP contribution in [0.1, 0.15) is 10.4 Å². The Bertz CT molecular complexity index is 635. The van der Waals surface area contributed by atoms with Gasteiger partial charge in [-0.15, -0.1) is 0 Å². The number of carbonyl (C=O) groups is 1. The number of aromatic nitrogens is 1. The second kappa shape index (κ2) is 5.57. The second-order valence-electron chi connectivity index (χ2n) is 4.35. The van der Waals surface area contributed by atoms with Crippen LogP contribution < -0.4 is 4.90 Å². The Morgan fingerprint density at radius 1 is 1.60 bits per heavy atom. The zero-order chi connectivity index (χ0) is 14.9. The molecule has 1 aliphatic heterocycles. The van der Waals surface area contributed by atoms with Crippen molar-refractivity contribution in [2.45, 2.75) is 5.37 Å². The van der Waals surface area contributed by atoms with Gasteiger partial charge in [-0.3, -0.25) is 0 Å². The number of anilines is 1. The second-order valence-corrected chi connectivity index (χ2v) is 7.71. The van der Waals surface area contributed by atoms with Crippen LogP contribution >= 0.6 is 11.8 Å². The van der Waals surface area contributed by atoms with Gasteiger partial charge in [0.25, 0.3) is 0 Å². The van der Waals surface area contributed by atoms with Crippen LogP contribution in [0.5, 0.6) is 0 Å². The summed E-state index contributed by atoms with van der Waals surface area (Å²) in [6.07, 6.45) is 2.25. The summed E-state index contributed by atoms with van der Waals surface area (Å²) in [6, 6.07) is 1.05. The lowest BCUT2D eigenvalue weighted by molar-refractivity contribution is 0.0691. The Hall–Kier alpha value is -1.35. The minimum absolute atomic E-state index is 0.222. The number of carboxylic acids is 1. The van der Waals surface area contributed by atoms with Crippen molar-refractivity contribution >= 4 is 33.4 Å². The lowest BCUT2D eigenvalue weighted by Gasteiger charge is -2.35. The van der Waals surface area contributed by atoms with Crippen molar-refractivity contribution < 1.29 is 22.7 Å². The number of sulfone groups is 1. The highest BCUT2D eigenvalue weighted by molar-refractivity contribution is 8.01. The summed E-state index contributed by atoms with van der Waals surface area (Å²) < 4.78 is 37.7. The summed E-state index contributed by atoms with van der Waals surface area (Å²) >= 11 is 1.46. The maximum Gasteiger partial charge on any atom is 0.338 e. The molecule has 1 aromatic rings. The van der Waals surface area contributed by atoms with E-state index in [2.05, 4.69) is 4.98 Å². The van der Waals surface area contributed by atoms with Crippen molar-refractivity contribution in [2.24, 2.45) is 0 Å². The maximum absolute atomic E-state index is 14.2. The van der Waals surface area contributed by atoms with E-state index in [0.717, 1.165) is 12.3 Å². The van der Waals surface area contributed by atoms with Crippen LogP contribution in [0.25, 0.3) is 0 Å². The average Bonchev–Trinajstić information content (AvgIpc) is 2.37. The number of hydrogen-bond acceptors (Lipinski definition) is 6. The van der Waals surface area contributed by atoms with Crippen molar-refractivity contribution in [1.82, 2.24) is 4.98 Å². The van der Waals surface area contributed by atoms with Crippen LogP contribution in [-0.4, -0.2) is 54.2 Å². The largest absolute Gasteiger partial charge is 0.478 e. The van der Waals surface area contributed by atoms with Gasteiger partial charge >= 0.3 is 5.97 Å². The van der Waals surface area contributed by atoms with E-state index >= 15 is 0 Å². The average molecular weight is 320 g/mol. The molecule has 2 heterocycles. The molecule has 0 saturated carbocycles. The van der Waals surface area contributed by atoms with E-state index in [0.29, 0.717) is 18.1 Å². The minimum atomic E-state index is -3.42. The number of carboxylic acid groups (broad SMARTS) is 1. The summed E-state index contributed by atoms with van der Waals surface area (Å²) in [6.45, 7) is 0.301. The zero-order valence-corrected chi connectivity index (χ0v) is 12.2. The molecule has 9 heteroatoms. The SMILES string of the molecule is CS(=O)(=O)C1CSCCN1c1nccc(C(=O)O)c1F. The number of rotatable bonds is 3. The van der Waals surface area contributed by atoms with Gasteiger partial charge in [-0.2, -0.15) is 11.8 Å². The molecule has 1 unspecified atom stereocenters. The van der Waals surface area contributed by atoms with Gasteiger partial charge in [-0.1, -0.05) is 0 Å². The van der Waals surface area contributed by atoms with Crippen molar-refractivity contribution in [1.29, 1.82) is 0 Å². The number of nitrogens with zero attached hydrogens (tertiary/aromatic N) is 2. The van der Waals surface area contributed by atoms with E-state index in [1.807, 2.05) is 0 Å². The molecule has 0 aromatic carbocycles. The van der Waals surface area contributed by atoms with E-state index in [1.54, 1.807) is 0 Å². The molecule has 1 fully saturated rings. The van der Waals surface area contributed by atoms with E-state index in [-0.39, 0.29) is 5.82 Å². The summed E-state index contributed by atoms with van der Waals surface area (Å²) in [5.74, 6) is -1.70. The van der Waals surface area contributed by atoms with Gasteiger partial charge in [0.1, 0.15) is 10.9 Å². The van der Waals surface area contributed by atoms with E-state index in [9.17, 15) is 17.6 Å². The Labute approximate surface area is 119 Å². The number of aromatic carboxylic acids is 1. The van der Waals surface area contributed by atoms with Gasteiger partial charge in [0.05, 0.1) is 0 Å². The first-order chi connectivity index (χ1) is 9.32. The molecule has 20 heavy (non-hydrogen) atoms. The van der Waals surface area contributed by atoms with Gasteiger partial charge in [-0.25, -0.2) is 22.6 Å². The number of thioether (sulfide) groups is 1. The third-order valence-corrected chi connectivity index (χ3v) is 5.60. The van der Waals surface area contributed by atoms with Crippen LogP contribution in [0.2, 0.25) is 0 Å². The topological polar surface area (TPSA) is 87.6 Å². The first kappa shape index (κ1) is 15.0. The highest BCUT2D eigenvalue weighted by atomic mass is 32.2. The highest BCUT2D eigenvalue weighted by Crippen LogP contribution is 2.28. The normalized spacial score (nSPS) is 19.9. The standard InChI is InChI=1S/C11H13FN2O4S2/c1-20(17,18)8-6-19-5-4-14(8)10-9(12)7(11(15)16)2-3-13-10/h2-3,8H,4-6H2,1H3,(H,15,16). The first-order valence-electron chi connectivity index (χ1n) is 5.73. The molecule has 0 amide bonds. The predicted molar refractivity (Wildman–Crippen MR) is 74.5 cm³/mol. The quantitative estimate of drug-likeness (QED) is 0.883. The first-order valence-corrected chi connectivity index (χ1v) is 8.84. The third kappa shape index (κ3) is 2.88. The van der Waals surface area contributed by atoms with Crippen molar-refractivity contribution in [3.8, 4) is 0 Å². The molecule has 110 valence electrons. The van der Waals surface area contributed by atoms with Crippen molar-refractivity contribution in [2.75, 3.05) is 29.2 Å². The monoisotopic (exact) mass is 320 g/mol. The lowest BCUT2D eigenvalue weighted by Crippen LogP contribution is -2.47. The predicted octanol–water partition coefficient (Wildman–Crippen LogP) is 0.843. The minimum Gasteiger partial charge on any atom is -0.478 e. The number of pyridine rings is 1. The fourth-order valence-corrected chi connectivity index (χ4v) is 4.80. The van der Waals surface area contributed by atoms with Crippen LogP contribution in [0.4, 0.5) is 10.2 Å². The fourth-order valence-electron chi connectivity index (χ4n) is 1.98. The van der Waals surface area contributed by atoms with E-state index in [4.69, 9.17) is 5.11 Å². The molecular formula is C11H13FN2O4S2. The molecule has 1 atom stereocenters. The number of halogens is 1. The Balaban J connectivity index is 2.48. The fraction of sp³-hybridized carbons (Fsp3) is 0.455. The highest BCUT2D eigenvalue weighted by Gasteiger charge is 2.34. The van der Waals surface area contributed by atoms with Crippen LogP contribution in [0.3, 0.4) is 0 Å². The molecule has 1 N–H and O–H groups in total. The van der Waals surface area contributed by atoms with Gasteiger partial charge in [-0.05, 0) is 6.07 Å². The Morgan fingerprint density at radius 3 is 2.90 bits per heavy atom. The van der Waals surface area contributed by atoms with E-state index in [1.165, 1.54) is 22.9 Å².